The van der Waals surface area contributed by atoms with E-state index in [1.165, 1.54) is 7.11 Å². The van der Waals surface area contributed by atoms with E-state index in [2.05, 4.69) is 5.32 Å². The van der Waals surface area contributed by atoms with Gasteiger partial charge in [-0.2, -0.15) is 0 Å². The molecule has 7 heteroatoms. The topological polar surface area (TPSA) is 99.9 Å². The third-order valence-electron chi connectivity index (χ3n) is 4.28. The molecule has 0 unspecified atom stereocenters. The molecule has 2 aromatic carbocycles. The van der Waals surface area contributed by atoms with Gasteiger partial charge in [-0.1, -0.05) is 12.1 Å². The molecule has 27 heavy (non-hydrogen) atoms. The molecule has 0 saturated heterocycles. The van der Waals surface area contributed by atoms with Gasteiger partial charge in [0.1, 0.15) is 0 Å². The molecular formula is C20H24N2O5. The van der Waals surface area contributed by atoms with E-state index >= 15 is 0 Å². The summed E-state index contributed by atoms with van der Waals surface area (Å²) in [5.74, 6) is 0.871. The lowest BCUT2D eigenvalue weighted by molar-refractivity contribution is -0.116. The highest BCUT2D eigenvalue weighted by Crippen LogP contribution is 2.40. The normalized spacial score (nSPS) is 10.2. The van der Waals surface area contributed by atoms with Crippen molar-refractivity contribution in [1.82, 2.24) is 0 Å². The molecule has 0 bridgehead atoms. The van der Waals surface area contributed by atoms with Gasteiger partial charge in [-0.15, -0.1) is 0 Å². The molecule has 144 valence electrons. The van der Waals surface area contributed by atoms with E-state index in [1.807, 2.05) is 6.07 Å². The van der Waals surface area contributed by atoms with E-state index in [1.54, 1.807) is 45.4 Å². The van der Waals surface area contributed by atoms with Gasteiger partial charge in [0.2, 0.25) is 17.6 Å². The maximum Gasteiger partial charge on any atom is 0.249 e. The smallest absolute Gasteiger partial charge is 0.249 e. The summed E-state index contributed by atoms with van der Waals surface area (Å²) in [6, 6.07) is 8.65. The van der Waals surface area contributed by atoms with E-state index in [-0.39, 0.29) is 12.3 Å². The van der Waals surface area contributed by atoms with E-state index in [0.717, 1.165) is 5.56 Å². The molecule has 7 nitrogen and oxygen atoms in total. The number of nitrogens with two attached hydrogens (primary N) is 1. The lowest BCUT2D eigenvalue weighted by Gasteiger charge is -2.16. The van der Waals surface area contributed by atoms with Gasteiger partial charge in [0.25, 0.3) is 0 Å². The zero-order valence-electron chi connectivity index (χ0n) is 15.9. The van der Waals surface area contributed by atoms with Crippen LogP contribution in [0.2, 0.25) is 0 Å². The minimum absolute atomic E-state index is 0.184. The molecule has 2 rings (SSSR count). The minimum Gasteiger partial charge on any atom is -0.493 e. The van der Waals surface area contributed by atoms with Gasteiger partial charge in [0, 0.05) is 17.7 Å². The number of carbonyl (C=O) groups excluding carboxylic acids is 2. The summed E-state index contributed by atoms with van der Waals surface area (Å²) in [6.07, 6.45) is 0.677. The number of hydrogen-bond acceptors (Lipinski definition) is 5. The molecule has 0 fully saturated rings. The Hall–Kier alpha value is -3.22. The molecule has 0 aliphatic heterocycles. The van der Waals surface area contributed by atoms with Gasteiger partial charge in [0.05, 0.1) is 21.3 Å². The highest BCUT2D eigenvalue weighted by atomic mass is 16.5. The van der Waals surface area contributed by atoms with Crippen LogP contribution in [0.15, 0.2) is 30.3 Å². The molecule has 0 heterocycles. The van der Waals surface area contributed by atoms with E-state index in [9.17, 15) is 9.59 Å². The van der Waals surface area contributed by atoms with Crippen LogP contribution in [0.5, 0.6) is 17.2 Å². The standard InChI is InChI=1S/C20H24N2O5/c1-12-14(20(21)24)6-5-7-15(12)22-17(23)11-9-13-8-10-16(25-2)19(27-4)18(13)26-3/h5-8,10H,9,11H2,1-4H3,(H2,21,24)(H,22,23). The summed E-state index contributed by atoms with van der Waals surface area (Å²) in [4.78, 5) is 23.8. The number of anilines is 1. The van der Waals surface area contributed by atoms with Gasteiger partial charge >= 0.3 is 0 Å². The van der Waals surface area contributed by atoms with Crippen LogP contribution in [0.25, 0.3) is 0 Å². The van der Waals surface area contributed by atoms with Gasteiger partial charge in [-0.05, 0) is 42.7 Å². The first kappa shape index (κ1) is 20.1. The van der Waals surface area contributed by atoms with Gasteiger partial charge in [0.15, 0.2) is 11.5 Å². The monoisotopic (exact) mass is 372 g/mol. The number of carbonyl (C=O) groups is 2. The Morgan fingerprint density at radius 1 is 1.00 bits per heavy atom. The number of benzene rings is 2. The number of hydrogen-bond donors (Lipinski definition) is 2. The lowest BCUT2D eigenvalue weighted by atomic mass is 10.0. The SMILES string of the molecule is COc1ccc(CCC(=O)Nc2cccc(C(N)=O)c2C)c(OC)c1OC. The van der Waals surface area contributed by atoms with E-state index < -0.39 is 5.91 Å². The molecular weight excluding hydrogens is 348 g/mol. The summed E-state index contributed by atoms with van der Waals surface area (Å²) >= 11 is 0. The molecule has 0 aromatic heterocycles. The summed E-state index contributed by atoms with van der Waals surface area (Å²) < 4.78 is 16.1. The molecule has 0 saturated carbocycles. The predicted octanol–water partition coefficient (Wildman–Crippen LogP) is 2.69. The molecule has 2 amide bonds. The third kappa shape index (κ3) is 4.49. The Kier molecular flexibility index (Phi) is 6.65. The van der Waals surface area contributed by atoms with Crippen LogP contribution in [0.3, 0.4) is 0 Å². The molecule has 0 radical (unpaired) electrons. The number of methoxy groups -OCH3 is 3. The van der Waals surface area contributed by atoms with Crippen molar-refractivity contribution in [1.29, 1.82) is 0 Å². The minimum atomic E-state index is -0.529. The second kappa shape index (κ2) is 8.93. The molecule has 2 aromatic rings. The second-order valence-corrected chi connectivity index (χ2v) is 5.88. The van der Waals surface area contributed by atoms with Crippen LogP contribution in [0.1, 0.15) is 27.9 Å². The Bertz CT molecular complexity index is 849. The molecule has 0 atom stereocenters. The van der Waals surface area contributed by atoms with Crippen LogP contribution in [0, 0.1) is 6.92 Å². The molecule has 0 aliphatic carbocycles. The quantitative estimate of drug-likeness (QED) is 0.742. The summed E-state index contributed by atoms with van der Waals surface area (Å²) in [5, 5.41) is 2.82. The first-order chi connectivity index (χ1) is 12.9. The Morgan fingerprint density at radius 3 is 2.30 bits per heavy atom. The van der Waals surface area contributed by atoms with Crippen molar-refractivity contribution in [2.45, 2.75) is 19.8 Å². The largest absolute Gasteiger partial charge is 0.493 e. The molecule has 3 N–H and O–H groups in total. The highest BCUT2D eigenvalue weighted by Gasteiger charge is 2.17. The fourth-order valence-electron chi connectivity index (χ4n) is 2.86. The number of nitrogens with one attached hydrogen (secondary N) is 1. The first-order valence-corrected chi connectivity index (χ1v) is 8.40. The van der Waals surface area contributed by atoms with Crippen molar-refractivity contribution in [2.24, 2.45) is 5.73 Å². The van der Waals surface area contributed by atoms with Crippen LogP contribution < -0.4 is 25.3 Å². The van der Waals surface area contributed by atoms with Gasteiger partial charge < -0.3 is 25.3 Å². The van der Waals surface area contributed by atoms with Crippen molar-refractivity contribution >= 4 is 17.5 Å². The van der Waals surface area contributed by atoms with E-state index in [4.69, 9.17) is 19.9 Å². The van der Waals surface area contributed by atoms with Crippen LogP contribution in [0.4, 0.5) is 5.69 Å². The van der Waals surface area contributed by atoms with Crippen LogP contribution in [-0.2, 0) is 11.2 Å². The maximum atomic E-state index is 12.4. The zero-order valence-corrected chi connectivity index (χ0v) is 15.9. The highest BCUT2D eigenvalue weighted by molar-refractivity contribution is 5.98. The lowest BCUT2D eigenvalue weighted by Crippen LogP contribution is -2.17. The maximum absolute atomic E-state index is 12.4. The van der Waals surface area contributed by atoms with E-state index in [0.29, 0.717) is 40.5 Å². The number of rotatable bonds is 8. The van der Waals surface area contributed by atoms with Crippen LogP contribution in [-0.4, -0.2) is 33.1 Å². The molecule has 0 spiro atoms. The van der Waals surface area contributed by atoms with Crippen molar-refractivity contribution in [2.75, 3.05) is 26.6 Å². The van der Waals surface area contributed by atoms with Crippen LogP contribution >= 0.6 is 0 Å². The Morgan fingerprint density at radius 2 is 1.70 bits per heavy atom. The number of ether oxygens (including phenoxy) is 3. The van der Waals surface area contributed by atoms with Crippen molar-refractivity contribution in [3.8, 4) is 17.2 Å². The Labute approximate surface area is 158 Å². The zero-order chi connectivity index (χ0) is 20.0. The third-order valence-corrected chi connectivity index (χ3v) is 4.28. The fourth-order valence-corrected chi connectivity index (χ4v) is 2.86. The summed E-state index contributed by atoms with van der Waals surface area (Å²) in [5.41, 5.74) is 7.76. The fraction of sp³-hybridized carbons (Fsp3) is 0.300. The number of primary amides is 1. The number of aryl methyl sites for hydroxylation is 1. The van der Waals surface area contributed by atoms with Crippen molar-refractivity contribution < 1.29 is 23.8 Å². The Balaban J connectivity index is 2.13. The van der Waals surface area contributed by atoms with Crippen molar-refractivity contribution in [3.05, 3.63) is 47.0 Å². The summed E-state index contributed by atoms with van der Waals surface area (Å²) in [6.45, 7) is 1.74. The number of amides is 2. The predicted molar refractivity (Wildman–Crippen MR) is 103 cm³/mol. The van der Waals surface area contributed by atoms with Gasteiger partial charge in [-0.3, -0.25) is 9.59 Å². The average Bonchev–Trinajstić information content (AvgIpc) is 2.66. The average molecular weight is 372 g/mol. The molecule has 0 aliphatic rings. The summed E-state index contributed by atoms with van der Waals surface area (Å²) in [7, 11) is 4.62. The second-order valence-electron chi connectivity index (χ2n) is 5.88. The van der Waals surface area contributed by atoms with Gasteiger partial charge in [-0.25, -0.2) is 0 Å². The first-order valence-electron chi connectivity index (χ1n) is 8.40. The van der Waals surface area contributed by atoms with Crippen molar-refractivity contribution in [3.63, 3.8) is 0 Å².